The van der Waals surface area contributed by atoms with Crippen LogP contribution in [0.3, 0.4) is 0 Å². The van der Waals surface area contributed by atoms with Crippen LogP contribution in [-0.4, -0.2) is 87.7 Å². The fourth-order valence-corrected chi connectivity index (χ4v) is 3.91. The highest BCUT2D eigenvalue weighted by Crippen LogP contribution is 2.25. The number of likely N-dealkylation sites (N-methyl/N-ethyl adjacent to an activating group) is 1. The zero-order chi connectivity index (χ0) is 29.7. The van der Waals surface area contributed by atoms with E-state index >= 15 is 0 Å². The number of aromatic nitrogens is 1. The lowest BCUT2D eigenvalue weighted by Gasteiger charge is -2.23. The number of nitrogens with zero attached hydrogens (tertiary/aromatic N) is 3. The average molecular weight is 566 g/mol. The molecule has 0 fully saturated rings. The molecule has 2 atom stereocenters. The summed E-state index contributed by atoms with van der Waals surface area (Å²) in [4.78, 5) is 65.9. The molecule has 15 nitrogen and oxygen atoms in total. The summed E-state index contributed by atoms with van der Waals surface area (Å²) in [7, 11) is 3.05. The number of carbonyl (C=O) groups excluding carboxylic acids is 3. The SMILES string of the molecule is CC(=O)Nc1nc(CCc2ccc(N=CNC(=O)O)cc2)c(C(=O)N[C@H](C(=O)N(C)C)[C@H](C)O)s1.NC(=O)O. The van der Waals surface area contributed by atoms with Gasteiger partial charge in [0.15, 0.2) is 5.13 Å². The Bertz CT molecular complexity index is 1190. The van der Waals surface area contributed by atoms with Crippen molar-refractivity contribution in [1.29, 1.82) is 0 Å². The van der Waals surface area contributed by atoms with Gasteiger partial charge in [0.2, 0.25) is 11.8 Å². The number of anilines is 1. The number of carbonyl (C=O) groups is 5. The second-order valence-corrected chi connectivity index (χ2v) is 9.11. The number of thiazole rings is 1. The van der Waals surface area contributed by atoms with E-state index in [2.05, 4.69) is 26.3 Å². The number of hydrogen-bond donors (Lipinski definition) is 7. The molecule has 5 amide bonds. The zero-order valence-electron chi connectivity index (χ0n) is 21.7. The van der Waals surface area contributed by atoms with E-state index in [9.17, 15) is 24.3 Å². The Morgan fingerprint density at radius 1 is 1.13 bits per heavy atom. The van der Waals surface area contributed by atoms with Crippen LogP contribution in [0.5, 0.6) is 0 Å². The van der Waals surface area contributed by atoms with Gasteiger partial charge in [-0.15, -0.1) is 0 Å². The summed E-state index contributed by atoms with van der Waals surface area (Å²) >= 11 is 0.983. The van der Waals surface area contributed by atoms with Crippen LogP contribution in [0.15, 0.2) is 29.3 Å². The quantitative estimate of drug-likeness (QED) is 0.160. The van der Waals surface area contributed by atoms with Crippen LogP contribution in [0, 0.1) is 0 Å². The lowest BCUT2D eigenvalue weighted by molar-refractivity contribution is -0.133. The maximum absolute atomic E-state index is 13.0. The Morgan fingerprint density at radius 3 is 2.21 bits per heavy atom. The number of benzene rings is 1. The number of primary amides is 1. The van der Waals surface area contributed by atoms with Crippen LogP contribution in [0.4, 0.5) is 20.4 Å². The van der Waals surface area contributed by atoms with Gasteiger partial charge in [0.25, 0.3) is 5.91 Å². The van der Waals surface area contributed by atoms with Gasteiger partial charge in [0.05, 0.1) is 23.8 Å². The summed E-state index contributed by atoms with van der Waals surface area (Å²) < 4.78 is 0. The highest BCUT2D eigenvalue weighted by molar-refractivity contribution is 7.17. The molecule has 39 heavy (non-hydrogen) atoms. The van der Waals surface area contributed by atoms with Crippen LogP contribution < -0.4 is 21.7 Å². The van der Waals surface area contributed by atoms with E-state index in [1.54, 1.807) is 12.1 Å². The van der Waals surface area contributed by atoms with Gasteiger partial charge in [-0.2, -0.15) is 0 Å². The van der Waals surface area contributed by atoms with Gasteiger partial charge in [0.1, 0.15) is 10.9 Å². The largest absolute Gasteiger partial charge is 0.465 e. The zero-order valence-corrected chi connectivity index (χ0v) is 22.5. The Kier molecular flexibility index (Phi) is 13.0. The van der Waals surface area contributed by atoms with E-state index < -0.39 is 36.1 Å². The molecule has 2 rings (SSSR count). The Labute approximate surface area is 227 Å². The van der Waals surface area contributed by atoms with Crippen molar-refractivity contribution < 1.29 is 39.3 Å². The van der Waals surface area contributed by atoms with Crippen molar-refractivity contribution in [2.45, 2.75) is 38.8 Å². The molecule has 1 heterocycles. The molecule has 2 aromatic rings. The second-order valence-electron chi connectivity index (χ2n) is 8.11. The first-order valence-electron chi connectivity index (χ1n) is 11.3. The summed E-state index contributed by atoms with van der Waals surface area (Å²) in [5.41, 5.74) is 5.93. The van der Waals surface area contributed by atoms with E-state index in [1.165, 1.54) is 32.8 Å². The molecule has 16 heteroatoms. The van der Waals surface area contributed by atoms with Crippen molar-refractivity contribution in [1.82, 2.24) is 20.5 Å². The standard InChI is InChI=1S/C22H28N6O6S.CH3NO2/c1-12(29)17(20(32)28(3)4)27-19(31)18-16(26-21(35-18)25-13(2)30)10-7-14-5-8-15(9-6-14)23-11-24-22(33)34;2-1(3)4/h5-6,8-9,11-12,17,29H,7,10H2,1-4H3,(H,23,24)(H,27,31)(H,33,34)(H,25,26,30);2H2,(H,3,4)/t12-,17-;/m0./s1. The van der Waals surface area contributed by atoms with Crippen molar-refractivity contribution >= 4 is 58.4 Å². The highest BCUT2D eigenvalue weighted by atomic mass is 32.1. The molecule has 0 radical (unpaired) electrons. The summed E-state index contributed by atoms with van der Waals surface area (Å²) in [6.45, 7) is 2.74. The topological polar surface area (TPSA) is 237 Å². The molecule has 0 unspecified atom stereocenters. The van der Waals surface area contributed by atoms with Crippen LogP contribution in [0.1, 0.15) is 34.8 Å². The fraction of sp³-hybridized carbons (Fsp3) is 0.348. The van der Waals surface area contributed by atoms with E-state index in [-0.39, 0.29) is 15.9 Å². The van der Waals surface area contributed by atoms with Crippen molar-refractivity contribution in [3.05, 3.63) is 40.4 Å². The molecule has 0 aliphatic rings. The smallest absolute Gasteiger partial charge is 0.409 e. The monoisotopic (exact) mass is 565 g/mol. The third-order valence-corrected chi connectivity index (χ3v) is 5.66. The minimum atomic E-state index is -1.33. The molecular weight excluding hydrogens is 534 g/mol. The second kappa shape index (κ2) is 15.6. The number of aliphatic hydroxyl groups is 1. The van der Waals surface area contributed by atoms with Gasteiger partial charge in [-0.05, 0) is 37.5 Å². The third-order valence-electron chi connectivity index (χ3n) is 4.65. The molecule has 0 spiro atoms. The molecule has 1 aromatic carbocycles. The molecule has 0 bridgehead atoms. The first-order valence-corrected chi connectivity index (χ1v) is 12.1. The highest BCUT2D eigenvalue weighted by Gasteiger charge is 2.29. The van der Waals surface area contributed by atoms with Gasteiger partial charge in [-0.3, -0.25) is 19.7 Å². The van der Waals surface area contributed by atoms with Crippen molar-refractivity contribution in [2.24, 2.45) is 10.7 Å². The summed E-state index contributed by atoms with van der Waals surface area (Å²) in [6, 6.07) is 5.92. The maximum Gasteiger partial charge on any atom is 0.409 e. The van der Waals surface area contributed by atoms with Gasteiger partial charge < -0.3 is 36.6 Å². The predicted octanol–water partition coefficient (Wildman–Crippen LogP) is 1.00. The number of carboxylic acid groups (broad SMARTS) is 2. The van der Waals surface area contributed by atoms with E-state index in [0.717, 1.165) is 23.2 Å². The number of hydrogen-bond acceptors (Lipinski definition) is 9. The number of aliphatic imine (C=N–C) groups is 1. The van der Waals surface area contributed by atoms with Gasteiger partial charge in [-0.1, -0.05) is 23.5 Å². The molecule has 0 aliphatic carbocycles. The fourth-order valence-electron chi connectivity index (χ4n) is 2.95. The van der Waals surface area contributed by atoms with E-state index in [4.69, 9.17) is 15.0 Å². The minimum Gasteiger partial charge on any atom is -0.465 e. The average Bonchev–Trinajstić information content (AvgIpc) is 3.22. The van der Waals surface area contributed by atoms with Crippen LogP contribution in [0.25, 0.3) is 0 Å². The summed E-state index contributed by atoms with van der Waals surface area (Å²) in [5.74, 6) is -1.37. The van der Waals surface area contributed by atoms with Gasteiger partial charge in [-0.25, -0.2) is 19.6 Å². The number of nitrogens with one attached hydrogen (secondary N) is 3. The summed E-state index contributed by atoms with van der Waals surface area (Å²) in [5, 5.41) is 33.2. The lowest BCUT2D eigenvalue weighted by Crippen LogP contribution is -2.52. The molecule has 1 aromatic heterocycles. The molecule has 0 saturated carbocycles. The molecule has 212 valence electrons. The predicted molar refractivity (Wildman–Crippen MR) is 143 cm³/mol. The van der Waals surface area contributed by atoms with E-state index in [0.29, 0.717) is 24.2 Å². The third kappa shape index (κ3) is 12.0. The Balaban J connectivity index is 0.00000177. The molecule has 0 aliphatic heterocycles. The van der Waals surface area contributed by atoms with Crippen molar-refractivity contribution in [3.63, 3.8) is 0 Å². The van der Waals surface area contributed by atoms with Gasteiger partial charge >= 0.3 is 12.2 Å². The Morgan fingerprint density at radius 2 is 1.72 bits per heavy atom. The number of aliphatic hydroxyl groups excluding tert-OH is 1. The minimum absolute atomic E-state index is 0.229. The first-order chi connectivity index (χ1) is 18.2. The number of nitrogens with two attached hydrogens (primary N) is 1. The van der Waals surface area contributed by atoms with Crippen LogP contribution >= 0.6 is 11.3 Å². The van der Waals surface area contributed by atoms with Crippen LogP contribution in [0.2, 0.25) is 0 Å². The maximum atomic E-state index is 13.0. The molecular formula is C23H31N7O8S. The van der Waals surface area contributed by atoms with Crippen molar-refractivity contribution in [2.75, 3.05) is 19.4 Å². The van der Waals surface area contributed by atoms with Gasteiger partial charge in [0, 0.05) is 21.0 Å². The normalized spacial score (nSPS) is 11.9. The van der Waals surface area contributed by atoms with Crippen LogP contribution in [-0.2, 0) is 22.4 Å². The number of aryl methyl sites for hydroxylation is 2. The number of amides is 5. The molecule has 0 saturated heterocycles. The molecule has 8 N–H and O–H groups in total. The van der Waals surface area contributed by atoms with E-state index in [1.807, 2.05) is 17.4 Å². The Hall–Kier alpha value is -4.57. The van der Waals surface area contributed by atoms with Crippen molar-refractivity contribution in [3.8, 4) is 0 Å². The summed E-state index contributed by atoms with van der Waals surface area (Å²) in [6.07, 6.45) is -1.71. The number of rotatable bonds is 10. The lowest BCUT2D eigenvalue weighted by atomic mass is 10.1. The first kappa shape index (κ1) is 32.5.